The average molecular weight is 271 g/mol. The predicted octanol–water partition coefficient (Wildman–Crippen LogP) is 4.08. The highest BCUT2D eigenvalue weighted by atomic mass is 35.5. The first-order valence-corrected chi connectivity index (χ1v) is 6.62. The molecule has 1 atom stereocenters. The highest BCUT2D eigenvalue weighted by Gasteiger charge is 2.29. The number of methoxy groups -OCH3 is 1. The molecule has 1 unspecified atom stereocenters. The SMILES string of the molecule is COC(c1nc(Cl)c2ccsc2n1)C(C)(C)C. The van der Waals surface area contributed by atoms with Gasteiger partial charge < -0.3 is 4.74 Å². The van der Waals surface area contributed by atoms with Gasteiger partial charge in [0, 0.05) is 12.5 Å². The van der Waals surface area contributed by atoms with E-state index in [2.05, 4.69) is 30.7 Å². The third kappa shape index (κ3) is 2.44. The van der Waals surface area contributed by atoms with Crippen LogP contribution < -0.4 is 0 Å². The minimum atomic E-state index is -0.161. The molecule has 2 aromatic heterocycles. The zero-order valence-corrected chi connectivity index (χ0v) is 11.9. The Kier molecular flexibility index (Phi) is 3.39. The maximum atomic E-state index is 6.15. The zero-order valence-electron chi connectivity index (χ0n) is 10.3. The third-order valence-electron chi connectivity index (χ3n) is 2.55. The van der Waals surface area contributed by atoms with Crippen LogP contribution in [0.5, 0.6) is 0 Å². The van der Waals surface area contributed by atoms with E-state index in [1.165, 1.54) is 0 Å². The molecular weight excluding hydrogens is 256 g/mol. The molecule has 5 heteroatoms. The van der Waals surface area contributed by atoms with Crippen LogP contribution in [0.4, 0.5) is 0 Å². The molecule has 0 aromatic carbocycles. The summed E-state index contributed by atoms with van der Waals surface area (Å²) in [7, 11) is 1.67. The van der Waals surface area contributed by atoms with Crippen LogP contribution in [-0.2, 0) is 4.74 Å². The van der Waals surface area contributed by atoms with Crippen molar-refractivity contribution < 1.29 is 4.74 Å². The Morgan fingerprint density at radius 3 is 2.65 bits per heavy atom. The Morgan fingerprint density at radius 2 is 2.06 bits per heavy atom. The molecule has 0 radical (unpaired) electrons. The minimum Gasteiger partial charge on any atom is -0.373 e. The summed E-state index contributed by atoms with van der Waals surface area (Å²) < 4.78 is 5.50. The molecule has 3 nitrogen and oxygen atoms in total. The number of nitrogens with zero attached hydrogens (tertiary/aromatic N) is 2. The number of hydrogen-bond acceptors (Lipinski definition) is 4. The van der Waals surface area contributed by atoms with Gasteiger partial charge >= 0.3 is 0 Å². The van der Waals surface area contributed by atoms with Crippen molar-refractivity contribution in [3.63, 3.8) is 0 Å². The van der Waals surface area contributed by atoms with Crippen molar-refractivity contribution in [2.75, 3.05) is 7.11 Å². The van der Waals surface area contributed by atoms with Gasteiger partial charge in [-0.15, -0.1) is 11.3 Å². The van der Waals surface area contributed by atoms with E-state index in [1.54, 1.807) is 18.4 Å². The van der Waals surface area contributed by atoms with Gasteiger partial charge in [0.1, 0.15) is 16.1 Å². The maximum Gasteiger partial charge on any atom is 0.161 e. The molecule has 2 rings (SSSR count). The summed E-state index contributed by atoms with van der Waals surface area (Å²) in [5.74, 6) is 0.653. The Morgan fingerprint density at radius 1 is 1.35 bits per heavy atom. The van der Waals surface area contributed by atoms with Gasteiger partial charge in [0.15, 0.2) is 5.82 Å². The van der Waals surface area contributed by atoms with Crippen molar-refractivity contribution in [1.29, 1.82) is 0 Å². The van der Waals surface area contributed by atoms with Crippen LogP contribution in [0.1, 0.15) is 32.7 Å². The van der Waals surface area contributed by atoms with Gasteiger partial charge in [-0.3, -0.25) is 0 Å². The van der Waals surface area contributed by atoms with E-state index in [-0.39, 0.29) is 11.5 Å². The molecule has 0 aliphatic heterocycles. The van der Waals surface area contributed by atoms with Crippen LogP contribution in [0.3, 0.4) is 0 Å². The van der Waals surface area contributed by atoms with Crippen molar-refractivity contribution in [3.8, 4) is 0 Å². The van der Waals surface area contributed by atoms with E-state index in [0.29, 0.717) is 11.0 Å². The first-order valence-electron chi connectivity index (χ1n) is 5.37. The summed E-state index contributed by atoms with van der Waals surface area (Å²) >= 11 is 7.72. The fourth-order valence-corrected chi connectivity index (χ4v) is 2.86. The lowest BCUT2D eigenvalue weighted by Gasteiger charge is -2.27. The van der Waals surface area contributed by atoms with E-state index in [4.69, 9.17) is 16.3 Å². The standard InChI is InChI=1S/C12H15ClN2OS/c1-12(2,3)8(16-4)10-14-9(13)7-5-6-17-11(7)15-10/h5-6,8H,1-4H3. The highest BCUT2D eigenvalue weighted by Crippen LogP contribution is 2.36. The molecule has 0 spiro atoms. The number of thiophene rings is 1. The van der Waals surface area contributed by atoms with Gasteiger partial charge in [0.25, 0.3) is 0 Å². The van der Waals surface area contributed by atoms with Gasteiger partial charge in [-0.05, 0) is 16.9 Å². The highest BCUT2D eigenvalue weighted by molar-refractivity contribution is 7.16. The molecule has 0 bridgehead atoms. The van der Waals surface area contributed by atoms with Gasteiger partial charge in [-0.1, -0.05) is 32.4 Å². The second-order valence-corrected chi connectivity index (χ2v) is 6.25. The maximum absolute atomic E-state index is 6.15. The first-order chi connectivity index (χ1) is 7.93. The van der Waals surface area contributed by atoms with Crippen LogP contribution in [0, 0.1) is 5.41 Å². The van der Waals surface area contributed by atoms with Crippen molar-refractivity contribution in [3.05, 3.63) is 22.4 Å². The Bertz CT molecular complexity index is 533. The van der Waals surface area contributed by atoms with E-state index in [9.17, 15) is 0 Å². The molecule has 0 aliphatic rings. The Hall–Kier alpha value is -0.710. The van der Waals surface area contributed by atoms with E-state index in [1.807, 2.05) is 11.4 Å². The third-order valence-corrected chi connectivity index (χ3v) is 3.65. The van der Waals surface area contributed by atoms with Gasteiger partial charge in [0.2, 0.25) is 0 Å². The smallest absolute Gasteiger partial charge is 0.161 e. The summed E-state index contributed by atoms with van der Waals surface area (Å²) in [6, 6.07) is 1.94. The quantitative estimate of drug-likeness (QED) is 0.772. The van der Waals surface area contributed by atoms with Crippen LogP contribution >= 0.6 is 22.9 Å². The summed E-state index contributed by atoms with van der Waals surface area (Å²) in [5, 5.41) is 3.37. The van der Waals surface area contributed by atoms with Gasteiger partial charge in [0.05, 0.1) is 0 Å². The topological polar surface area (TPSA) is 35.0 Å². The molecule has 0 saturated carbocycles. The Labute approximate surface area is 110 Å². The van der Waals surface area contributed by atoms with Crippen molar-refractivity contribution in [1.82, 2.24) is 9.97 Å². The molecule has 0 fully saturated rings. The second kappa shape index (κ2) is 4.52. The molecular formula is C12H15ClN2OS. The summed E-state index contributed by atoms with van der Waals surface area (Å²) in [4.78, 5) is 9.79. The lowest BCUT2D eigenvalue weighted by molar-refractivity contribution is 0.00895. The molecule has 0 saturated heterocycles. The first kappa shape index (κ1) is 12.7. The van der Waals surface area contributed by atoms with Crippen molar-refractivity contribution in [2.45, 2.75) is 26.9 Å². The van der Waals surface area contributed by atoms with Crippen LogP contribution in [0.2, 0.25) is 5.15 Å². The van der Waals surface area contributed by atoms with Gasteiger partial charge in [-0.25, -0.2) is 9.97 Å². The zero-order chi connectivity index (χ0) is 12.6. The van der Waals surface area contributed by atoms with Gasteiger partial charge in [-0.2, -0.15) is 0 Å². The second-order valence-electron chi connectivity index (χ2n) is 4.99. The number of fused-ring (bicyclic) bond motifs is 1. The molecule has 17 heavy (non-hydrogen) atoms. The normalized spacial score (nSPS) is 14.2. The molecule has 2 heterocycles. The fraction of sp³-hybridized carbons (Fsp3) is 0.500. The molecule has 0 amide bonds. The van der Waals surface area contributed by atoms with E-state index < -0.39 is 0 Å². The largest absolute Gasteiger partial charge is 0.373 e. The number of halogens is 1. The molecule has 0 aliphatic carbocycles. The van der Waals surface area contributed by atoms with E-state index in [0.717, 1.165) is 10.2 Å². The van der Waals surface area contributed by atoms with Crippen LogP contribution in [0.15, 0.2) is 11.4 Å². The predicted molar refractivity (Wildman–Crippen MR) is 71.6 cm³/mol. The number of aromatic nitrogens is 2. The van der Waals surface area contributed by atoms with Crippen LogP contribution in [0.25, 0.3) is 10.2 Å². The number of hydrogen-bond donors (Lipinski definition) is 0. The van der Waals surface area contributed by atoms with Crippen molar-refractivity contribution in [2.24, 2.45) is 5.41 Å². The molecule has 2 aromatic rings. The fourth-order valence-electron chi connectivity index (χ4n) is 1.80. The lowest BCUT2D eigenvalue weighted by atomic mass is 9.88. The average Bonchev–Trinajstić information content (AvgIpc) is 2.64. The van der Waals surface area contributed by atoms with Crippen molar-refractivity contribution >= 4 is 33.2 Å². The minimum absolute atomic E-state index is 0.0665. The summed E-state index contributed by atoms with van der Waals surface area (Å²) in [6.07, 6.45) is -0.161. The van der Waals surface area contributed by atoms with Crippen LogP contribution in [-0.4, -0.2) is 17.1 Å². The molecule has 92 valence electrons. The summed E-state index contributed by atoms with van der Waals surface area (Å²) in [5.41, 5.74) is -0.0665. The number of rotatable bonds is 2. The van der Waals surface area contributed by atoms with E-state index >= 15 is 0 Å². The number of ether oxygens (including phenoxy) is 1. The summed E-state index contributed by atoms with van der Waals surface area (Å²) in [6.45, 7) is 6.28. The lowest BCUT2D eigenvalue weighted by Crippen LogP contribution is -2.22. The molecule has 0 N–H and O–H groups in total. The monoisotopic (exact) mass is 270 g/mol. The Balaban J connectivity index is 2.54.